The van der Waals surface area contributed by atoms with Gasteiger partial charge in [0.2, 0.25) is 0 Å². The number of ether oxygens (including phenoxy) is 3. The number of allylic oxidation sites excluding steroid dienone is 1. The van der Waals surface area contributed by atoms with E-state index < -0.39 is 0 Å². The van der Waals surface area contributed by atoms with Crippen molar-refractivity contribution < 1.29 is 19.0 Å². The van der Waals surface area contributed by atoms with E-state index in [1.54, 1.807) is 6.92 Å². The molecule has 0 unspecified atom stereocenters. The summed E-state index contributed by atoms with van der Waals surface area (Å²) in [6.07, 6.45) is 1.44. The molecular formula is C25H28O4. The van der Waals surface area contributed by atoms with Gasteiger partial charge in [0.05, 0.1) is 13.2 Å². The Morgan fingerprint density at radius 2 is 1.17 bits per heavy atom. The molecule has 0 saturated heterocycles. The number of carbonyl (C=O) groups is 1. The van der Waals surface area contributed by atoms with Crippen LogP contribution in [-0.4, -0.2) is 19.2 Å². The first kappa shape index (κ1) is 22.0. The zero-order valence-electron chi connectivity index (χ0n) is 17.2. The van der Waals surface area contributed by atoms with Gasteiger partial charge in [0.25, 0.3) is 0 Å². The van der Waals surface area contributed by atoms with Crippen molar-refractivity contribution in [2.45, 2.75) is 26.7 Å². The van der Waals surface area contributed by atoms with Crippen LogP contribution < -0.4 is 4.74 Å². The van der Waals surface area contributed by atoms with Crippen LogP contribution in [0.2, 0.25) is 0 Å². The first-order valence-corrected chi connectivity index (χ1v) is 9.51. The second-order valence-electron chi connectivity index (χ2n) is 6.86. The van der Waals surface area contributed by atoms with Crippen LogP contribution in [0.4, 0.5) is 0 Å². The Morgan fingerprint density at radius 3 is 1.59 bits per heavy atom. The summed E-state index contributed by atoms with van der Waals surface area (Å²) < 4.78 is 16.5. The molecule has 0 amide bonds. The first-order valence-electron chi connectivity index (χ1n) is 9.51. The van der Waals surface area contributed by atoms with Crippen LogP contribution in [-0.2, 0) is 27.1 Å². The van der Waals surface area contributed by atoms with E-state index in [2.05, 4.69) is 19.7 Å². The summed E-state index contributed by atoms with van der Waals surface area (Å²) in [5.74, 6) is 1.79. The highest BCUT2D eigenvalue weighted by Crippen LogP contribution is 2.22. The zero-order valence-corrected chi connectivity index (χ0v) is 17.2. The van der Waals surface area contributed by atoms with E-state index in [1.807, 2.05) is 55.5 Å². The molecule has 0 N–H and O–H groups in total. The van der Waals surface area contributed by atoms with E-state index in [0.717, 1.165) is 34.6 Å². The Labute approximate surface area is 173 Å². The standard InChI is InChI=1S/C25H28O4/c1-18(2)20(5)27-16-14-21-6-10-23(11-7-21)29-24-12-8-22(9-13-24)15-17-28-25(26)19(3)4/h6-13H,1,3,5,14-17H2,2,4H3. The van der Waals surface area contributed by atoms with Crippen LogP contribution in [0.25, 0.3) is 0 Å². The molecule has 152 valence electrons. The summed E-state index contributed by atoms with van der Waals surface area (Å²) in [5, 5.41) is 0. The minimum atomic E-state index is -0.360. The Morgan fingerprint density at radius 1 is 0.724 bits per heavy atom. The number of hydrogen-bond donors (Lipinski definition) is 0. The van der Waals surface area contributed by atoms with E-state index in [4.69, 9.17) is 14.2 Å². The van der Waals surface area contributed by atoms with Crippen LogP contribution in [0.15, 0.2) is 85.2 Å². The largest absolute Gasteiger partial charge is 0.494 e. The van der Waals surface area contributed by atoms with Crippen molar-refractivity contribution in [3.05, 3.63) is 96.3 Å². The number of benzene rings is 2. The van der Waals surface area contributed by atoms with Gasteiger partial charge in [-0.15, -0.1) is 0 Å². The molecule has 0 spiro atoms. The van der Waals surface area contributed by atoms with E-state index in [1.165, 1.54) is 0 Å². The summed E-state index contributed by atoms with van der Waals surface area (Å²) in [7, 11) is 0. The number of rotatable bonds is 11. The van der Waals surface area contributed by atoms with Gasteiger partial charge in [0.1, 0.15) is 17.3 Å². The van der Waals surface area contributed by atoms with Crippen LogP contribution in [0, 0.1) is 0 Å². The van der Waals surface area contributed by atoms with E-state index in [-0.39, 0.29) is 5.97 Å². The fraction of sp³-hybridized carbons (Fsp3) is 0.240. The quantitative estimate of drug-likeness (QED) is 0.210. The molecule has 2 aromatic carbocycles. The minimum Gasteiger partial charge on any atom is -0.494 e. The van der Waals surface area contributed by atoms with Gasteiger partial charge in [-0.1, -0.05) is 44.0 Å². The number of carbonyl (C=O) groups excluding carboxylic acids is 1. The predicted molar refractivity (Wildman–Crippen MR) is 116 cm³/mol. The van der Waals surface area contributed by atoms with Crippen LogP contribution in [0.1, 0.15) is 25.0 Å². The van der Waals surface area contributed by atoms with Crippen molar-refractivity contribution in [3.8, 4) is 11.5 Å². The molecule has 0 aliphatic rings. The molecule has 0 aromatic heterocycles. The topological polar surface area (TPSA) is 44.8 Å². The third kappa shape index (κ3) is 7.70. The smallest absolute Gasteiger partial charge is 0.333 e. The van der Waals surface area contributed by atoms with Gasteiger partial charge in [-0.25, -0.2) is 4.79 Å². The number of hydrogen-bond acceptors (Lipinski definition) is 4. The molecule has 0 fully saturated rings. The molecular weight excluding hydrogens is 364 g/mol. The summed E-state index contributed by atoms with van der Waals surface area (Å²) >= 11 is 0. The molecule has 0 bridgehead atoms. The Balaban J connectivity index is 1.79. The predicted octanol–water partition coefficient (Wildman–Crippen LogP) is 5.79. The molecule has 0 saturated carbocycles. The fourth-order valence-corrected chi connectivity index (χ4v) is 2.38. The third-order valence-corrected chi connectivity index (χ3v) is 4.20. The normalized spacial score (nSPS) is 10.1. The maximum Gasteiger partial charge on any atom is 0.333 e. The number of esters is 1. The lowest BCUT2D eigenvalue weighted by atomic mass is 10.1. The summed E-state index contributed by atoms with van der Waals surface area (Å²) in [6.45, 7) is 15.6. The lowest BCUT2D eigenvalue weighted by molar-refractivity contribution is -0.138. The monoisotopic (exact) mass is 392 g/mol. The van der Waals surface area contributed by atoms with Crippen molar-refractivity contribution in [2.75, 3.05) is 13.2 Å². The Bertz CT molecular complexity index is 787. The summed E-state index contributed by atoms with van der Waals surface area (Å²) in [4.78, 5) is 11.4. The van der Waals surface area contributed by atoms with Crippen molar-refractivity contribution >= 4 is 5.97 Å². The molecule has 2 rings (SSSR count). The van der Waals surface area contributed by atoms with Gasteiger partial charge in [0, 0.05) is 18.4 Å². The molecule has 29 heavy (non-hydrogen) atoms. The molecule has 0 atom stereocenters. The van der Waals surface area contributed by atoms with E-state index in [0.29, 0.717) is 31.0 Å². The first-order chi connectivity index (χ1) is 13.8. The highest BCUT2D eigenvalue weighted by Gasteiger charge is 2.04. The molecule has 2 aromatic rings. The molecule has 4 heteroatoms. The molecule has 4 nitrogen and oxygen atoms in total. The maximum atomic E-state index is 11.4. The minimum absolute atomic E-state index is 0.330. The average Bonchev–Trinajstić information content (AvgIpc) is 2.70. The van der Waals surface area contributed by atoms with Crippen LogP contribution in [0.3, 0.4) is 0 Å². The van der Waals surface area contributed by atoms with Gasteiger partial charge in [-0.3, -0.25) is 0 Å². The second kappa shape index (κ2) is 10.9. The Kier molecular flexibility index (Phi) is 8.28. The highest BCUT2D eigenvalue weighted by atomic mass is 16.5. The van der Waals surface area contributed by atoms with Crippen LogP contribution >= 0.6 is 0 Å². The summed E-state index contributed by atoms with van der Waals surface area (Å²) in [5.41, 5.74) is 3.47. The second-order valence-corrected chi connectivity index (χ2v) is 6.86. The lowest BCUT2D eigenvalue weighted by Gasteiger charge is -2.10. The zero-order chi connectivity index (χ0) is 21.2. The SMILES string of the molecule is C=C(C)C(=C)OCCc1ccc(Oc2ccc(CCOC(=O)C(=C)C)cc2)cc1. The van der Waals surface area contributed by atoms with Gasteiger partial charge in [-0.2, -0.15) is 0 Å². The third-order valence-electron chi connectivity index (χ3n) is 4.20. The van der Waals surface area contributed by atoms with Crippen molar-refractivity contribution in [3.63, 3.8) is 0 Å². The Hall–Kier alpha value is -3.27. The average molecular weight is 392 g/mol. The van der Waals surface area contributed by atoms with Crippen molar-refractivity contribution in [1.82, 2.24) is 0 Å². The van der Waals surface area contributed by atoms with Crippen molar-refractivity contribution in [2.24, 2.45) is 0 Å². The molecule has 0 radical (unpaired) electrons. The van der Waals surface area contributed by atoms with Crippen molar-refractivity contribution in [1.29, 1.82) is 0 Å². The molecule has 0 aliphatic heterocycles. The van der Waals surface area contributed by atoms with Gasteiger partial charge >= 0.3 is 5.97 Å². The van der Waals surface area contributed by atoms with E-state index in [9.17, 15) is 4.79 Å². The lowest BCUT2D eigenvalue weighted by Crippen LogP contribution is -2.07. The van der Waals surface area contributed by atoms with Crippen LogP contribution in [0.5, 0.6) is 11.5 Å². The van der Waals surface area contributed by atoms with Gasteiger partial charge < -0.3 is 14.2 Å². The van der Waals surface area contributed by atoms with Gasteiger partial charge in [-0.05, 0) is 54.8 Å². The summed E-state index contributed by atoms with van der Waals surface area (Å²) in [6, 6.07) is 15.6. The maximum absolute atomic E-state index is 11.4. The molecule has 0 aliphatic carbocycles. The molecule has 0 heterocycles. The van der Waals surface area contributed by atoms with E-state index >= 15 is 0 Å². The fourth-order valence-electron chi connectivity index (χ4n) is 2.38. The highest BCUT2D eigenvalue weighted by molar-refractivity contribution is 5.86. The van der Waals surface area contributed by atoms with Gasteiger partial charge in [0.15, 0.2) is 0 Å².